The van der Waals surface area contributed by atoms with Gasteiger partial charge in [0.05, 0.1) is 17.1 Å². The van der Waals surface area contributed by atoms with Gasteiger partial charge in [-0.2, -0.15) is 0 Å². The summed E-state index contributed by atoms with van der Waals surface area (Å²) in [5.74, 6) is 0.910. The summed E-state index contributed by atoms with van der Waals surface area (Å²) in [6.07, 6.45) is 3.61. The Kier molecular flexibility index (Phi) is 3.90. The minimum Gasteiger partial charge on any atom is -0.341 e. The number of H-pyrrole nitrogens is 1. The second-order valence-corrected chi connectivity index (χ2v) is 5.61. The van der Waals surface area contributed by atoms with Crippen LogP contribution in [0, 0.1) is 0 Å². The fourth-order valence-electron chi connectivity index (χ4n) is 2.41. The van der Waals surface area contributed by atoms with E-state index < -0.39 is 0 Å². The summed E-state index contributed by atoms with van der Waals surface area (Å²) in [4.78, 5) is 12.0. The van der Waals surface area contributed by atoms with E-state index in [9.17, 15) is 0 Å². The zero-order valence-electron chi connectivity index (χ0n) is 12.0. The number of benzene rings is 1. The van der Waals surface area contributed by atoms with E-state index in [1.165, 1.54) is 5.56 Å². The standard InChI is InChI=1S/C16H17ClN4/c1-10(12-5-7-18-8-6-12)19-11(2)16-20-14-4-3-13(17)9-15(14)21-16/h3-11,19H,1-2H3,(H,20,21)/t10-,11-/m0/s1. The van der Waals surface area contributed by atoms with Crippen molar-refractivity contribution < 1.29 is 0 Å². The van der Waals surface area contributed by atoms with Crippen LogP contribution in [0.4, 0.5) is 0 Å². The molecular formula is C16H17ClN4. The minimum absolute atomic E-state index is 0.111. The molecule has 2 atom stereocenters. The first-order valence-corrected chi connectivity index (χ1v) is 7.32. The van der Waals surface area contributed by atoms with E-state index in [2.05, 4.69) is 34.1 Å². The number of aromatic nitrogens is 3. The third-order valence-electron chi connectivity index (χ3n) is 3.58. The summed E-state index contributed by atoms with van der Waals surface area (Å²) in [6, 6.07) is 10.0. The first-order valence-electron chi connectivity index (χ1n) is 6.94. The number of pyridine rings is 1. The summed E-state index contributed by atoms with van der Waals surface area (Å²) in [6.45, 7) is 4.22. The van der Waals surface area contributed by atoms with Crippen LogP contribution in [0.2, 0.25) is 5.02 Å². The van der Waals surface area contributed by atoms with Crippen molar-refractivity contribution in [2.45, 2.75) is 25.9 Å². The second kappa shape index (κ2) is 5.84. The Bertz CT molecular complexity index is 738. The van der Waals surface area contributed by atoms with Gasteiger partial charge < -0.3 is 10.3 Å². The van der Waals surface area contributed by atoms with E-state index in [1.807, 2.05) is 30.3 Å². The van der Waals surface area contributed by atoms with Gasteiger partial charge in [0, 0.05) is 23.5 Å². The fraction of sp³-hybridized carbons (Fsp3) is 0.250. The van der Waals surface area contributed by atoms with Gasteiger partial charge in [0.2, 0.25) is 0 Å². The maximum Gasteiger partial charge on any atom is 0.124 e. The van der Waals surface area contributed by atoms with Crippen molar-refractivity contribution in [3.8, 4) is 0 Å². The lowest BCUT2D eigenvalue weighted by Crippen LogP contribution is -2.23. The predicted octanol–water partition coefficient (Wildman–Crippen LogP) is 4.02. The number of hydrogen-bond acceptors (Lipinski definition) is 3. The SMILES string of the molecule is C[C@H](N[C@@H](C)c1nc2ccc(Cl)cc2[nH]1)c1ccncc1. The van der Waals surface area contributed by atoms with Crippen molar-refractivity contribution in [3.63, 3.8) is 0 Å². The molecular weight excluding hydrogens is 284 g/mol. The minimum atomic E-state index is 0.111. The van der Waals surface area contributed by atoms with Gasteiger partial charge in [0.25, 0.3) is 0 Å². The highest BCUT2D eigenvalue weighted by atomic mass is 35.5. The van der Waals surface area contributed by atoms with Crippen molar-refractivity contribution in [2.24, 2.45) is 0 Å². The number of fused-ring (bicyclic) bond motifs is 1. The van der Waals surface area contributed by atoms with Crippen LogP contribution in [0.15, 0.2) is 42.7 Å². The van der Waals surface area contributed by atoms with E-state index in [4.69, 9.17) is 11.6 Å². The van der Waals surface area contributed by atoms with Gasteiger partial charge in [-0.25, -0.2) is 4.98 Å². The molecule has 0 fully saturated rings. The number of hydrogen-bond donors (Lipinski definition) is 2. The van der Waals surface area contributed by atoms with Crippen LogP contribution in [0.25, 0.3) is 11.0 Å². The third-order valence-corrected chi connectivity index (χ3v) is 3.81. The van der Waals surface area contributed by atoms with Gasteiger partial charge >= 0.3 is 0 Å². The molecule has 2 heterocycles. The quantitative estimate of drug-likeness (QED) is 0.765. The molecule has 2 aromatic heterocycles. The lowest BCUT2D eigenvalue weighted by molar-refractivity contribution is 0.480. The predicted molar refractivity (Wildman–Crippen MR) is 85.3 cm³/mol. The van der Waals surface area contributed by atoms with E-state index in [0.717, 1.165) is 16.9 Å². The van der Waals surface area contributed by atoms with Crippen molar-refractivity contribution >= 4 is 22.6 Å². The highest BCUT2D eigenvalue weighted by Crippen LogP contribution is 2.22. The molecule has 5 heteroatoms. The van der Waals surface area contributed by atoms with Crippen molar-refractivity contribution in [3.05, 3.63) is 59.1 Å². The molecule has 1 aromatic carbocycles. The van der Waals surface area contributed by atoms with Crippen molar-refractivity contribution in [1.29, 1.82) is 0 Å². The molecule has 2 N–H and O–H groups in total. The highest BCUT2D eigenvalue weighted by molar-refractivity contribution is 6.31. The van der Waals surface area contributed by atoms with Crippen LogP contribution in [0.1, 0.15) is 37.3 Å². The summed E-state index contributed by atoms with van der Waals surface area (Å²) >= 11 is 6.00. The summed E-state index contributed by atoms with van der Waals surface area (Å²) in [7, 11) is 0. The first-order chi connectivity index (χ1) is 10.1. The van der Waals surface area contributed by atoms with Crippen molar-refractivity contribution in [2.75, 3.05) is 0 Å². The second-order valence-electron chi connectivity index (χ2n) is 5.17. The van der Waals surface area contributed by atoms with Crippen LogP contribution in [-0.2, 0) is 0 Å². The fourth-order valence-corrected chi connectivity index (χ4v) is 2.58. The van der Waals surface area contributed by atoms with Gasteiger partial charge in [-0.15, -0.1) is 0 Å². The van der Waals surface area contributed by atoms with Crippen LogP contribution >= 0.6 is 11.6 Å². The topological polar surface area (TPSA) is 53.6 Å². The molecule has 3 rings (SSSR count). The number of nitrogens with zero attached hydrogens (tertiary/aromatic N) is 2. The largest absolute Gasteiger partial charge is 0.341 e. The summed E-state index contributed by atoms with van der Waals surface area (Å²) in [5.41, 5.74) is 3.10. The van der Waals surface area contributed by atoms with Gasteiger partial charge in [-0.05, 0) is 49.7 Å². The molecule has 0 unspecified atom stereocenters. The van der Waals surface area contributed by atoms with Gasteiger partial charge in [0.15, 0.2) is 0 Å². The maximum atomic E-state index is 6.00. The Morgan fingerprint density at radius 2 is 1.86 bits per heavy atom. The normalized spacial score (nSPS) is 14.2. The molecule has 21 heavy (non-hydrogen) atoms. The maximum absolute atomic E-state index is 6.00. The van der Waals surface area contributed by atoms with Crippen LogP contribution < -0.4 is 5.32 Å². The molecule has 0 aliphatic rings. The third kappa shape index (κ3) is 3.06. The molecule has 0 aliphatic heterocycles. The number of halogens is 1. The molecule has 0 amide bonds. The number of imidazole rings is 1. The highest BCUT2D eigenvalue weighted by Gasteiger charge is 2.14. The lowest BCUT2D eigenvalue weighted by Gasteiger charge is -2.18. The Morgan fingerprint density at radius 1 is 1.10 bits per heavy atom. The van der Waals surface area contributed by atoms with E-state index in [1.54, 1.807) is 12.4 Å². The Labute approximate surface area is 128 Å². The van der Waals surface area contributed by atoms with E-state index in [-0.39, 0.29) is 12.1 Å². The van der Waals surface area contributed by atoms with Crippen LogP contribution in [0.5, 0.6) is 0 Å². The molecule has 4 nitrogen and oxygen atoms in total. The average molecular weight is 301 g/mol. The Hall–Kier alpha value is -1.91. The zero-order chi connectivity index (χ0) is 14.8. The molecule has 0 saturated carbocycles. The van der Waals surface area contributed by atoms with Gasteiger partial charge in [-0.1, -0.05) is 11.6 Å². The van der Waals surface area contributed by atoms with Crippen LogP contribution in [0.3, 0.4) is 0 Å². The molecule has 108 valence electrons. The van der Waals surface area contributed by atoms with Gasteiger partial charge in [0.1, 0.15) is 5.82 Å². The lowest BCUT2D eigenvalue weighted by atomic mass is 10.1. The average Bonchev–Trinajstić information content (AvgIpc) is 2.91. The molecule has 3 aromatic rings. The molecule has 0 spiro atoms. The zero-order valence-corrected chi connectivity index (χ0v) is 12.7. The Balaban J connectivity index is 1.79. The molecule has 0 radical (unpaired) electrons. The smallest absolute Gasteiger partial charge is 0.124 e. The molecule has 0 saturated heterocycles. The number of rotatable bonds is 4. The molecule has 0 bridgehead atoms. The summed E-state index contributed by atoms with van der Waals surface area (Å²) < 4.78 is 0. The number of nitrogens with one attached hydrogen (secondary N) is 2. The van der Waals surface area contributed by atoms with E-state index in [0.29, 0.717) is 5.02 Å². The molecule has 0 aliphatic carbocycles. The summed E-state index contributed by atoms with van der Waals surface area (Å²) in [5, 5.41) is 4.25. The van der Waals surface area contributed by atoms with Crippen molar-refractivity contribution in [1.82, 2.24) is 20.3 Å². The monoisotopic (exact) mass is 300 g/mol. The Morgan fingerprint density at radius 3 is 2.62 bits per heavy atom. The van der Waals surface area contributed by atoms with Gasteiger partial charge in [-0.3, -0.25) is 4.98 Å². The van der Waals surface area contributed by atoms with E-state index >= 15 is 0 Å². The van der Waals surface area contributed by atoms with Crippen LogP contribution in [-0.4, -0.2) is 15.0 Å². The first kappa shape index (κ1) is 14.0. The number of aromatic amines is 1.